The summed E-state index contributed by atoms with van der Waals surface area (Å²) in [5.74, 6) is -0.834. The predicted octanol–water partition coefficient (Wildman–Crippen LogP) is 0.266. The van der Waals surface area contributed by atoms with Crippen LogP contribution in [-0.2, 0) is 14.6 Å². The Balaban J connectivity index is 2.69. The molecule has 1 fully saturated rings. The van der Waals surface area contributed by atoms with Gasteiger partial charge in [0.15, 0.2) is 0 Å². The number of carbonyl (C=O) groups is 1. The Kier molecular flexibility index (Phi) is 4.32. The first kappa shape index (κ1) is 13.4. The fraction of sp³-hybridized carbons (Fsp3) is 0.900. The van der Waals surface area contributed by atoms with E-state index in [1.165, 1.54) is 0 Å². The molecule has 0 aromatic carbocycles. The first-order valence-electron chi connectivity index (χ1n) is 5.56. The number of carboxylic acid groups (broad SMARTS) is 1. The minimum Gasteiger partial charge on any atom is -0.481 e. The summed E-state index contributed by atoms with van der Waals surface area (Å²) in [6.45, 7) is 2.78. The van der Waals surface area contributed by atoms with Gasteiger partial charge in [0, 0.05) is 12.3 Å². The van der Waals surface area contributed by atoms with Crippen LogP contribution in [0.1, 0.15) is 26.2 Å². The summed E-state index contributed by atoms with van der Waals surface area (Å²) in [6, 6.07) is 0. The van der Waals surface area contributed by atoms with Crippen molar-refractivity contribution in [1.82, 2.24) is 5.32 Å². The van der Waals surface area contributed by atoms with E-state index < -0.39 is 21.2 Å². The number of aliphatic carboxylic acids is 1. The highest BCUT2D eigenvalue weighted by atomic mass is 32.2. The number of piperidine rings is 1. The molecule has 6 heteroatoms. The number of nitrogens with one attached hydrogen (secondary N) is 1. The van der Waals surface area contributed by atoms with Crippen molar-refractivity contribution in [3.8, 4) is 0 Å². The fourth-order valence-corrected chi connectivity index (χ4v) is 2.96. The number of rotatable bonds is 5. The van der Waals surface area contributed by atoms with Crippen LogP contribution in [0, 0.1) is 5.41 Å². The third-order valence-corrected chi connectivity index (χ3v) is 4.96. The number of carboxylic acids is 1. The van der Waals surface area contributed by atoms with Gasteiger partial charge >= 0.3 is 5.97 Å². The summed E-state index contributed by atoms with van der Waals surface area (Å²) in [5, 5.41) is 12.3. The minimum atomic E-state index is -3.08. The number of hydrogen-bond acceptors (Lipinski definition) is 4. The van der Waals surface area contributed by atoms with Gasteiger partial charge in [-0.1, -0.05) is 6.92 Å². The van der Waals surface area contributed by atoms with E-state index in [0.717, 1.165) is 13.0 Å². The second-order valence-electron chi connectivity index (χ2n) is 4.35. The molecule has 1 aliphatic rings. The van der Waals surface area contributed by atoms with Crippen LogP contribution in [0.25, 0.3) is 0 Å². The normalized spacial score (nSPS) is 26.6. The van der Waals surface area contributed by atoms with Crippen molar-refractivity contribution >= 4 is 15.8 Å². The van der Waals surface area contributed by atoms with Crippen molar-refractivity contribution in [3.05, 3.63) is 0 Å². The summed E-state index contributed by atoms with van der Waals surface area (Å²) in [7, 11) is -3.08. The smallest absolute Gasteiger partial charge is 0.310 e. The summed E-state index contributed by atoms with van der Waals surface area (Å²) in [5.41, 5.74) is -0.888. The highest BCUT2D eigenvalue weighted by Gasteiger charge is 2.40. The summed E-state index contributed by atoms with van der Waals surface area (Å²) in [4.78, 5) is 11.2. The van der Waals surface area contributed by atoms with Crippen LogP contribution in [-0.4, -0.2) is 44.1 Å². The zero-order valence-electron chi connectivity index (χ0n) is 9.53. The van der Waals surface area contributed by atoms with Crippen LogP contribution in [0.3, 0.4) is 0 Å². The third-order valence-electron chi connectivity index (χ3n) is 3.26. The summed E-state index contributed by atoms with van der Waals surface area (Å²) >= 11 is 0. The second-order valence-corrected chi connectivity index (χ2v) is 6.82. The molecular weight excluding hydrogens is 230 g/mol. The van der Waals surface area contributed by atoms with Crippen LogP contribution in [0.4, 0.5) is 0 Å². The third kappa shape index (κ3) is 3.18. The second kappa shape index (κ2) is 5.14. The van der Waals surface area contributed by atoms with Gasteiger partial charge in [-0.3, -0.25) is 4.79 Å². The monoisotopic (exact) mass is 249 g/mol. The van der Waals surface area contributed by atoms with Gasteiger partial charge in [-0.15, -0.1) is 0 Å². The van der Waals surface area contributed by atoms with E-state index in [9.17, 15) is 18.3 Å². The van der Waals surface area contributed by atoms with Crippen molar-refractivity contribution < 1.29 is 18.3 Å². The maximum atomic E-state index is 11.4. The molecule has 1 atom stereocenters. The highest BCUT2D eigenvalue weighted by molar-refractivity contribution is 7.91. The lowest BCUT2D eigenvalue weighted by molar-refractivity contribution is -0.150. The molecule has 0 radical (unpaired) electrons. The molecule has 0 spiro atoms. The standard InChI is InChI=1S/C10H19NO4S/c1-2-16(14,15)7-5-10(9(12)13)4-3-6-11-8-10/h11H,2-8H2,1H3,(H,12,13). The van der Waals surface area contributed by atoms with Crippen molar-refractivity contribution in [2.75, 3.05) is 24.6 Å². The van der Waals surface area contributed by atoms with Crippen LogP contribution in [0.2, 0.25) is 0 Å². The van der Waals surface area contributed by atoms with E-state index in [0.29, 0.717) is 13.0 Å². The summed E-state index contributed by atoms with van der Waals surface area (Å²) in [6.07, 6.45) is 1.57. The predicted molar refractivity (Wildman–Crippen MR) is 61.1 cm³/mol. The molecule has 16 heavy (non-hydrogen) atoms. The van der Waals surface area contributed by atoms with E-state index in [2.05, 4.69) is 5.32 Å². The molecule has 0 bridgehead atoms. The van der Waals surface area contributed by atoms with E-state index in [1.54, 1.807) is 6.92 Å². The van der Waals surface area contributed by atoms with Gasteiger partial charge in [0.05, 0.1) is 11.2 Å². The summed E-state index contributed by atoms with van der Waals surface area (Å²) < 4.78 is 22.8. The Hall–Kier alpha value is -0.620. The van der Waals surface area contributed by atoms with Crippen LogP contribution in [0.15, 0.2) is 0 Å². The highest BCUT2D eigenvalue weighted by Crippen LogP contribution is 2.31. The van der Waals surface area contributed by atoms with Crippen molar-refractivity contribution in [1.29, 1.82) is 0 Å². The van der Waals surface area contributed by atoms with Gasteiger partial charge in [0.25, 0.3) is 0 Å². The Morgan fingerprint density at radius 1 is 1.50 bits per heavy atom. The fourth-order valence-electron chi connectivity index (χ4n) is 1.97. The average Bonchev–Trinajstić information content (AvgIpc) is 2.28. The van der Waals surface area contributed by atoms with Gasteiger partial charge in [0.1, 0.15) is 9.84 Å². The Labute approximate surface area is 96.1 Å². The molecule has 1 unspecified atom stereocenters. The Bertz CT molecular complexity index is 344. The molecule has 0 aromatic heterocycles. The molecule has 5 nitrogen and oxygen atoms in total. The van der Waals surface area contributed by atoms with Crippen molar-refractivity contribution in [2.45, 2.75) is 26.2 Å². The lowest BCUT2D eigenvalue weighted by Crippen LogP contribution is -2.46. The SMILES string of the molecule is CCS(=O)(=O)CCC1(C(=O)O)CCCNC1. The van der Waals surface area contributed by atoms with Gasteiger partial charge in [-0.25, -0.2) is 8.42 Å². The van der Waals surface area contributed by atoms with Gasteiger partial charge in [-0.05, 0) is 25.8 Å². The molecule has 1 saturated heterocycles. The number of hydrogen-bond donors (Lipinski definition) is 2. The van der Waals surface area contributed by atoms with E-state index >= 15 is 0 Å². The molecular formula is C10H19NO4S. The lowest BCUT2D eigenvalue weighted by Gasteiger charge is -2.33. The molecule has 1 rings (SSSR count). The van der Waals surface area contributed by atoms with Gasteiger partial charge in [0.2, 0.25) is 0 Å². The van der Waals surface area contributed by atoms with Crippen LogP contribution < -0.4 is 5.32 Å². The molecule has 1 heterocycles. The molecule has 0 aromatic rings. The van der Waals surface area contributed by atoms with E-state index in [-0.39, 0.29) is 17.9 Å². The van der Waals surface area contributed by atoms with Crippen molar-refractivity contribution in [2.24, 2.45) is 5.41 Å². The van der Waals surface area contributed by atoms with Crippen molar-refractivity contribution in [3.63, 3.8) is 0 Å². The molecule has 94 valence electrons. The Morgan fingerprint density at radius 2 is 2.19 bits per heavy atom. The molecule has 0 amide bonds. The number of sulfone groups is 1. The topological polar surface area (TPSA) is 83.5 Å². The van der Waals surface area contributed by atoms with Crippen LogP contribution >= 0.6 is 0 Å². The average molecular weight is 249 g/mol. The lowest BCUT2D eigenvalue weighted by atomic mass is 9.78. The largest absolute Gasteiger partial charge is 0.481 e. The van der Waals surface area contributed by atoms with E-state index in [1.807, 2.05) is 0 Å². The van der Waals surface area contributed by atoms with E-state index in [4.69, 9.17) is 0 Å². The maximum Gasteiger partial charge on any atom is 0.310 e. The van der Waals surface area contributed by atoms with Gasteiger partial charge < -0.3 is 10.4 Å². The molecule has 2 N–H and O–H groups in total. The quantitative estimate of drug-likeness (QED) is 0.730. The zero-order valence-corrected chi connectivity index (χ0v) is 10.3. The minimum absolute atomic E-state index is 0.0303. The maximum absolute atomic E-state index is 11.4. The Morgan fingerprint density at radius 3 is 2.62 bits per heavy atom. The molecule has 0 aliphatic carbocycles. The van der Waals surface area contributed by atoms with Gasteiger partial charge in [-0.2, -0.15) is 0 Å². The molecule has 0 saturated carbocycles. The first-order valence-corrected chi connectivity index (χ1v) is 7.38. The molecule has 1 aliphatic heterocycles. The van der Waals surface area contributed by atoms with Crippen LogP contribution in [0.5, 0.6) is 0 Å². The zero-order chi connectivity index (χ0) is 12.2. The first-order chi connectivity index (χ1) is 7.42.